The summed E-state index contributed by atoms with van der Waals surface area (Å²) in [5.74, 6) is 2.38. The van der Waals surface area contributed by atoms with Crippen LogP contribution >= 0.6 is 11.8 Å². The van der Waals surface area contributed by atoms with E-state index in [1.165, 1.54) is 11.8 Å². The average Bonchev–Trinajstić information content (AvgIpc) is 3.14. The Morgan fingerprint density at radius 2 is 2.00 bits per heavy atom. The summed E-state index contributed by atoms with van der Waals surface area (Å²) in [6.45, 7) is 1.75. The van der Waals surface area contributed by atoms with Crippen molar-refractivity contribution < 1.29 is 9.15 Å². The second-order valence-corrected chi connectivity index (χ2v) is 5.02. The quantitative estimate of drug-likeness (QED) is 0.657. The van der Waals surface area contributed by atoms with E-state index < -0.39 is 0 Å². The van der Waals surface area contributed by atoms with Gasteiger partial charge >= 0.3 is 0 Å². The lowest BCUT2D eigenvalue weighted by molar-refractivity contribution is 0.414. The Kier molecular flexibility index (Phi) is 3.82. The smallest absolute Gasteiger partial charge is 0.226 e. The fourth-order valence-corrected chi connectivity index (χ4v) is 2.40. The fourth-order valence-electron chi connectivity index (χ4n) is 1.68. The van der Waals surface area contributed by atoms with E-state index in [0.29, 0.717) is 22.7 Å². The van der Waals surface area contributed by atoms with Gasteiger partial charge in [0.25, 0.3) is 0 Å². The number of tetrazole rings is 1. The molecule has 2 heterocycles. The minimum absolute atomic E-state index is 0.511. The number of benzene rings is 1. The van der Waals surface area contributed by atoms with Gasteiger partial charge in [0.2, 0.25) is 16.9 Å². The van der Waals surface area contributed by atoms with E-state index in [1.54, 1.807) is 18.7 Å². The molecule has 3 aromatic rings. The van der Waals surface area contributed by atoms with Crippen LogP contribution in [0.15, 0.2) is 33.8 Å². The number of hydrogen-bond acceptors (Lipinski definition) is 8. The fraction of sp³-hybridized carbons (Fsp3) is 0.250. The zero-order chi connectivity index (χ0) is 14.7. The van der Waals surface area contributed by atoms with Gasteiger partial charge in [-0.05, 0) is 34.7 Å². The first-order valence-corrected chi connectivity index (χ1v) is 7.09. The molecule has 21 heavy (non-hydrogen) atoms. The minimum Gasteiger partial charge on any atom is -0.497 e. The molecule has 0 aliphatic heterocycles. The molecule has 0 aliphatic carbocycles. The molecule has 1 aromatic carbocycles. The van der Waals surface area contributed by atoms with Crippen molar-refractivity contribution in [3.63, 3.8) is 0 Å². The highest BCUT2D eigenvalue weighted by Gasteiger charge is 2.11. The van der Waals surface area contributed by atoms with Gasteiger partial charge in [0.05, 0.1) is 18.6 Å². The van der Waals surface area contributed by atoms with Gasteiger partial charge < -0.3 is 9.15 Å². The van der Waals surface area contributed by atoms with Gasteiger partial charge in [0.1, 0.15) is 5.75 Å². The summed E-state index contributed by atoms with van der Waals surface area (Å²) < 4.78 is 12.1. The zero-order valence-electron chi connectivity index (χ0n) is 11.4. The Hall–Kier alpha value is -2.42. The van der Waals surface area contributed by atoms with E-state index in [0.717, 1.165) is 11.4 Å². The summed E-state index contributed by atoms with van der Waals surface area (Å²) in [7, 11) is 1.62. The molecule has 0 bridgehead atoms. The van der Waals surface area contributed by atoms with Gasteiger partial charge in [-0.25, -0.2) is 0 Å². The second-order valence-electron chi connectivity index (χ2n) is 4.07. The largest absolute Gasteiger partial charge is 0.497 e. The number of aryl methyl sites for hydroxylation is 1. The molecule has 3 rings (SSSR count). The van der Waals surface area contributed by atoms with Crippen LogP contribution in [0, 0.1) is 6.92 Å². The first-order chi connectivity index (χ1) is 10.3. The number of methoxy groups -OCH3 is 1. The maximum atomic E-state index is 5.32. The monoisotopic (exact) mass is 304 g/mol. The predicted molar refractivity (Wildman–Crippen MR) is 74.3 cm³/mol. The third-order valence-corrected chi connectivity index (χ3v) is 3.55. The molecule has 0 fully saturated rings. The molecule has 0 amide bonds. The Labute approximate surface area is 124 Å². The molecule has 0 radical (unpaired) electrons. The van der Waals surface area contributed by atoms with Crippen LogP contribution in [-0.2, 0) is 5.75 Å². The van der Waals surface area contributed by atoms with Crippen LogP contribution in [0.2, 0.25) is 0 Å². The van der Waals surface area contributed by atoms with Crippen LogP contribution in [-0.4, -0.2) is 37.5 Å². The van der Waals surface area contributed by atoms with Gasteiger partial charge in [-0.15, -0.1) is 15.3 Å². The highest BCUT2D eigenvalue weighted by Crippen LogP contribution is 2.22. The molecule has 0 atom stereocenters. The van der Waals surface area contributed by atoms with Crippen LogP contribution in [0.1, 0.15) is 11.8 Å². The van der Waals surface area contributed by atoms with Crippen LogP contribution in [0.4, 0.5) is 0 Å². The topological polar surface area (TPSA) is 91.8 Å². The molecule has 0 saturated carbocycles. The first kappa shape index (κ1) is 13.6. The summed E-state index contributed by atoms with van der Waals surface area (Å²) in [5.41, 5.74) is 0.852. The van der Waals surface area contributed by atoms with Gasteiger partial charge in [0, 0.05) is 6.92 Å². The lowest BCUT2D eigenvalue weighted by atomic mass is 10.3. The molecule has 0 aliphatic rings. The van der Waals surface area contributed by atoms with E-state index in [1.807, 2.05) is 24.3 Å². The second kappa shape index (κ2) is 5.92. The molecule has 0 spiro atoms. The molecule has 8 nitrogen and oxygen atoms in total. The van der Waals surface area contributed by atoms with Crippen molar-refractivity contribution in [2.45, 2.75) is 17.8 Å². The van der Waals surface area contributed by atoms with Crippen molar-refractivity contribution in [2.75, 3.05) is 7.11 Å². The predicted octanol–water partition coefficient (Wildman–Crippen LogP) is 1.65. The average molecular weight is 304 g/mol. The van der Waals surface area contributed by atoms with Gasteiger partial charge in [-0.1, -0.05) is 11.8 Å². The van der Waals surface area contributed by atoms with Crippen LogP contribution < -0.4 is 4.74 Å². The standard InChI is InChI=1S/C12H12N6O2S/c1-8-13-14-11(20-8)7-21-12-15-16-17-18(12)9-3-5-10(19-2)6-4-9/h3-6H,7H2,1-2H3. The van der Waals surface area contributed by atoms with E-state index in [2.05, 4.69) is 25.7 Å². The number of thioether (sulfide) groups is 1. The zero-order valence-corrected chi connectivity index (χ0v) is 12.2. The van der Waals surface area contributed by atoms with E-state index >= 15 is 0 Å². The lowest BCUT2D eigenvalue weighted by Gasteiger charge is -2.04. The van der Waals surface area contributed by atoms with Crippen molar-refractivity contribution in [1.29, 1.82) is 0 Å². The van der Waals surface area contributed by atoms with Crippen LogP contribution in [0.25, 0.3) is 5.69 Å². The van der Waals surface area contributed by atoms with E-state index in [4.69, 9.17) is 9.15 Å². The molecule has 0 unspecified atom stereocenters. The van der Waals surface area contributed by atoms with Gasteiger partial charge in [-0.2, -0.15) is 4.68 Å². The highest BCUT2D eigenvalue weighted by molar-refractivity contribution is 7.98. The molecule has 0 saturated heterocycles. The molecular formula is C12H12N6O2S. The van der Waals surface area contributed by atoms with Crippen LogP contribution in [0.3, 0.4) is 0 Å². The van der Waals surface area contributed by atoms with Crippen molar-refractivity contribution in [2.24, 2.45) is 0 Å². The summed E-state index contributed by atoms with van der Waals surface area (Å²) >= 11 is 1.42. The molecule has 108 valence electrons. The molecule has 9 heteroatoms. The third-order valence-electron chi connectivity index (χ3n) is 2.65. The number of ether oxygens (including phenoxy) is 1. The maximum absolute atomic E-state index is 5.32. The van der Waals surface area contributed by atoms with Gasteiger partial charge in [0.15, 0.2) is 0 Å². The normalized spacial score (nSPS) is 10.8. The Bertz CT molecular complexity index is 723. The Morgan fingerprint density at radius 3 is 2.67 bits per heavy atom. The lowest BCUT2D eigenvalue weighted by Crippen LogP contribution is -1.99. The van der Waals surface area contributed by atoms with Crippen molar-refractivity contribution in [1.82, 2.24) is 30.4 Å². The summed E-state index contributed by atoms with van der Waals surface area (Å²) in [4.78, 5) is 0. The van der Waals surface area contributed by atoms with Crippen LogP contribution in [0.5, 0.6) is 5.75 Å². The Morgan fingerprint density at radius 1 is 1.19 bits per heavy atom. The summed E-state index contributed by atoms with van der Waals surface area (Å²) in [5, 5.41) is 20.1. The summed E-state index contributed by atoms with van der Waals surface area (Å²) in [6.07, 6.45) is 0. The highest BCUT2D eigenvalue weighted by atomic mass is 32.2. The van der Waals surface area contributed by atoms with Crippen molar-refractivity contribution in [3.8, 4) is 11.4 Å². The summed E-state index contributed by atoms with van der Waals surface area (Å²) in [6, 6.07) is 7.48. The van der Waals surface area contributed by atoms with Gasteiger partial charge in [-0.3, -0.25) is 0 Å². The number of hydrogen-bond donors (Lipinski definition) is 0. The van der Waals surface area contributed by atoms with Crippen molar-refractivity contribution in [3.05, 3.63) is 36.0 Å². The molecule has 2 aromatic heterocycles. The number of aromatic nitrogens is 6. The first-order valence-electron chi connectivity index (χ1n) is 6.11. The Balaban J connectivity index is 1.76. The third kappa shape index (κ3) is 3.02. The number of rotatable bonds is 5. The van der Waals surface area contributed by atoms with E-state index in [-0.39, 0.29) is 0 Å². The maximum Gasteiger partial charge on any atom is 0.226 e. The molecule has 0 N–H and O–H groups in total. The minimum atomic E-state index is 0.511. The van der Waals surface area contributed by atoms with Crippen molar-refractivity contribution >= 4 is 11.8 Å². The van der Waals surface area contributed by atoms with E-state index in [9.17, 15) is 0 Å². The molecular weight excluding hydrogens is 292 g/mol. The SMILES string of the molecule is COc1ccc(-n2nnnc2SCc2nnc(C)o2)cc1. The number of nitrogens with zero attached hydrogens (tertiary/aromatic N) is 6.